The van der Waals surface area contributed by atoms with Crippen molar-refractivity contribution in [2.45, 2.75) is 37.4 Å². The van der Waals surface area contributed by atoms with Gasteiger partial charge in [0.2, 0.25) is 17.8 Å². The van der Waals surface area contributed by atoms with Gasteiger partial charge in [-0.1, -0.05) is 11.6 Å². The van der Waals surface area contributed by atoms with Crippen molar-refractivity contribution in [1.82, 2.24) is 35.0 Å². The molecule has 0 bridgehead atoms. The van der Waals surface area contributed by atoms with Crippen molar-refractivity contribution in [1.29, 1.82) is 0 Å². The first-order chi connectivity index (χ1) is 28.3. The van der Waals surface area contributed by atoms with Crippen LogP contribution in [0.4, 0.5) is 27.5 Å². The minimum atomic E-state index is -1.42. The molecule has 3 saturated heterocycles. The van der Waals surface area contributed by atoms with Gasteiger partial charge in [-0.15, -0.1) is 0 Å². The number of anilines is 4. The average molecular weight is 829 g/mol. The lowest BCUT2D eigenvalue weighted by molar-refractivity contribution is -0.136. The van der Waals surface area contributed by atoms with Crippen molar-refractivity contribution < 1.29 is 33.1 Å². The summed E-state index contributed by atoms with van der Waals surface area (Å²) in [7, 11) is 3.11. The number of fused-ring (bicyclic) bond motifs is 2. The number of amides is 5. The van der Waals surface area contributed by atoms with Crippen molar-refractivity contribution >= 4 is 75.2 Å². The number of hydrogen-bond acceptors (Lipinski definition) is 13. The highest BCUT2D eigenvalue weighted by atomic mass is 35.5. The van der Waals surface area contributed by atoms with Crippen LogP contribution in [0.5, 0.6) is 5.75 Å². The summed E-state index contributed by atoms with van der Waals surface area (Å²) in [5.41, 5.74) is 0.640. The molecule has 8 rings (SSSR count). The second-order valence-corrected chi connectivity index (χ2v) is 15.6. The molecular weight excluding hydrogens is 787 g/mol. The van der Waals surface area contributed by atoms with Crippen LogP contribution in [-0.4, -0.2) is 125 Å². The molecule has 2 aromatic heterocycles. The maximum absolute atomic E-state index is 16.3. The Morgan fingerprint density at radius 3 is 2.44 bits per heavy atom. The molecule has 17 nitrogen and oxygen atoms in total. The monoisotopic (exact) mass is 828 g/mol. The number of nitrogens with zero attached hydrogens (tertiary/aromatic N) is 7. The third-order valence-electron chi connectivity index (χ3n) is 11.4. The molecule has 4 aliphatic rings. The van der Waals surface area contributed by atoms with E-state index in [1.165, 1.54) is 17.8 Å². The Labute approximate surface area is 342 Å². The standard InChI is InChI=1S/C40H42ClFN10O7/c1-43-33(54)21-59-31-18-23-17-24(3-6-29(23)48(2)38(31)58)45-34-28(41)20-44-39(47-34)51-15-13-49(14-16-51)22-40(42)9-11-50(12-10-40)25-4-5-26-27(19-25)37(57)52(36(26)56)30-7-8-32(53)46-35(30)55/h3-6,17-20,30H,7-16,21-22H2,1-2H3,(H,43,54)(H,44,45,47)(H,46,53,55). The Bertz CT molecular complexity index is 2450. The third kappa shape index (κ3) is 7.89. The molecular formula is C40H42ClFN10O7. The number of aryl methyl sites for hydroxylation is 1. The number of nitrogens with one attached hydrogen (secondary N) is 3. The van der Waals surface area contributed by atoms with Gasteiger partial charge in [-0.25, -0.2) is 9.37 Å². The second kappa shape index (κ2) is 15.9. The minimum absolute atomic E-state index is 0.0440. The smallest absolute Gasteiger partial charge is 0.293 e. The van der Waals surface area contributed by atoms with Gasteiger partial charge in [0.25, 0.3) is 23.3 Å². The van der Waals surface area contributed by atoms with Crippen LogP contribution in [0, 0.1) is 0 Å². The predicted molar refractivity (Wildman–Crippen MR) is 216 cm³/mol. The number of pyridine rings is 1. The van der Waals surface area contributed by atoms with Crippen molar-refractivity contribution in [2.75, 3.05) is 74.6 Å². The number of benzene rings is 2. The number of hydrogen-bond donors (Lipinski definition) is 3. The van der Waals surface area contributed by atoms with Gasteiger partial charge in [0.05, 0.1) is 22.8 Å². The van der Waals surface area contributed by atoms with Gasteiger partial charge in [0.15, 0.2) is 18.2 Å². The summed E-state index contributed by atoms with van der Waals surface area (Å²) in [6.07, 6.45) is 2.22. The number of ether oxygens (including phenoxy) is 1. The lowest BCUT2D eigenvalue weighted by Gasteiger charge is -2.42. The van der Waals surface area contributed by atoms with E-state index in [0.29, 0.717) is 78.3 Å². The summed E-state index contributed by atoms with van der Waals surface area (Å²) < 4.78 is 23.3. The van der Waals surface area contributed by atoms with Gasteiger partial charge in [0, 0.05) is 95.9 Å². The topological polar surface area (TPSA) is 191 Å². The maximum Gasteiger partial charge on any atom is 0.293 e. The zero-order chi connectivity index (χ0) is 41.6. The first-order valence-corrected chi connectivity index (χ1v) is 19.7. The maximum atomic E-state index is 16.3. The van der Waals surface area contributed by atoms with Gasteiger partial charge in [-0.05, 0) is 48.9 Å². The van der Waals surface area contributed by atoms with E-state index in [1.54, 1.807) is 43.4 Å². The summed E-state index contributed by atoms with van der Waals surface area (Å²) in [4.78, 5) is 91.3. The van der Waals surface area contributed by atoms with E-state index in [0.717, 1.165) is 4.90 Å². The number of piperazine rings is 1. The summed E-state index contributed by atoms with van der Waals surface area (Å²) >= 11 is 6.52. The number of aromatic nitrogens is 3. The van der Waals surface area contributed by atoms with Gasteiger partial charge in [-0.3, -0.25) is 43.9 Å². The minimum Gasteiger partial charge on any atom is -0.478 e. The number of alkyl halides is 1. The number of carbonyl (C=O) groups excluding carboxylic acids is 5. The van der Waals surface area contributed by atoms with E-state index in [2.05, 4.69) is 25.8 Å². The number of likely N-dealkylation sites (N-methyl/N-ethyl adjacent to an activating group) is 1. The number of rotatable bonds is 10. The molecule has 1 atom stereocenters. The molecule has 2 aromatic carbocycles. The zero-order valence-electron chi connectivity index (χ0n) is 32.4. The Morgan fingerprint density at radius 2 is 1.71 bits per heavy atom. The van der Waals surface area contributed by atoms with E-state index in [9.17, 15) is 28.8 Å². The van der Waals surface area contributed by atoms with Crippen molar-refractivity contribution in [3.63, 3.8) is 0 Å². The molecule has 0 radical (unpaired) electrons. The predicted octanol–water partition coefficient (Wildman–Crippen LogP) is 2.38. The Kier molecular flexibility index (Phi) is 10.7. The molecule has 0 saturated carbocycles. The fourth-order valence-electron chi connectivity index (χ4n) is 8.07. The largest absolute Gasteiger partial charge is 0.478 e. The van der Waals surface area contributed by atoms with Crippen molar-refractivity contribution in [2.24, 2.45) is 7.05 Å². The lowest BCUT2D eigenvalue weighted by Crippen LogP contribution is -2.54. The highest BCUT2D eigenvalue weighted by molar-refractivity contribution is 6.33. The molecule has 19 heteroatoms. The fourth-order valence-corrected chi connectivity index (χ4v) is 8.21. The first-order valence-electron chi connectivity index (χ1n) is 19.3. The molecule has 6 heterocycles. The summed E-state index contributed by atoms with van der Waals surface area (Å²) in [6, 6.07) is 10.9. The summed E-state index contributed by atoms with van der Waals surface area (Å²) in [5, 5.41) is 8.92. The van der Waals surface area contributed by atoms with Crippen LogP contribution in [0.15, 0.2) is 53.5 Å². The normalized spacial score (nSPS) is 19.5. The quantitative estimate of drug-likeness (QED) is 0.198. The molecule has 5 amide bonds. The highest BCUT2D eigenvalue weighted by Crippen LogP contribution is 2.35. The Hall–Kier alpha value is -6.14. The van der Waals surface area contributed by atoms with Crippen LogP contribution in [0.1, 0.15) is 46.4 Å². The number of halogens is 2. The molecule has 59 heavy (non-hydrogen) atoms. The molecule has 3 N–H and O–H groups in total. The van der Waals surface area contributed by atoms with Crippen LogP contribution in [0.2, 0.25) is 5.02 Å². The SMILES string of the molecule is CNC(=O)COc1cc2cc(Nc3nc(N4CCN(CC5(F)CCN(c6ccc7c(c6)C(=O)N(C6CCC(=O)NC6=O)C7=O)CC5)CC4)ncc3Cl)ccc2n(C)c1=O. The van der Waals surface area contributed by atoms with E-state index in [4.69, 9.17) is 21.3 Å². The van der Waals surface area contributed by atoms with Gasteiger partial charge in [-0.2, -0.15) is 4.98 Å². The van der Waals surface area contributed by atoms with Crippen molar-refractivity contribution in [3.8, 4) is 5.75 Å². The number of imide groups is 2. The average Bonchev–Trinajstić information content (AvgIpc) is 3.47. The van der Waals surface area contributed by atoms with Gasteiger partial charge < -0.3 is 29.7 Å². The summed E-state index contributed by atoms with van der Waals surface area (Å²) in [5.74, 6) is -1.68. The van der Waals surface area contributed by atoms with Crippen molar-refractivity contribution in [3.05, 3.63) is 75.2 Å². The number of piperidine rings is 2. The fraction of sp³-hybridized carbons (Fsp3) is 0.400. The first kappa shape index (κ1) is 39.7. The van der Waals surface area contributed by atoms with E-state index in [-0.39, 0.29) is 67.2 Å². The molecule has 0 aliphatic carbocycles. The van der Waals surface area contributed by atoms with E-state index in [1.807, 2.05) is 15.9 Å². The van der Waals surface area contributed by atoms with E-state index < -0.39 is 35.3 Å². The molecule has 1 unspecified atom stereocenters. The Balaban J connectivity index is 0.858. The second-order valence-electron chi connectivity index (χ2n) is 15.2. The van der Waals surface area contributed by atoms with Gasteiger partial charge in [0.1, 0.15) is 16.7 Å². The highest BCUT2D eigenvalue weighted by Gasteiger charge is 2.45. The van der Waals surface area contributed by atoms with Crippen LogP contribution in [0.3, 0.4) is 0 Å². The van der Waals surface area contributed by atoms with Crippen LogP contribution >= 0.6 is 11.6 Å². The molecule has 308 valence electrons. The van der Waals surface area contributed by atoms with E-state index >= 15 is 4.39 Å². The van der Waals surface area contributed by atoms with Crippen LogP contribution in [-0.2, 0) is 21.4 Å². The molecule has 0 spiro atoms. The molecule has 4 aliphatic heterocycles. The van der Waals surface area contributed by atoms with Crippen LogP contribution < -0.4 is 36.0 Å². The molecule has 4 aromatic rings. The summed E-state index contributed by atoms with van der Waals surface area (Å²) in [6.45, 7) is 3.17. The third-order valence-corrected chi connectivity index (χ3v) is 11.7. The molecule has 3 fully saturated rings. The number of carbonyl (C=O) groups is 5. The zero-order valence-corrected chi connectivity index (χ0v) is 33.2. The van der Waals surface area contributed by atoms with Gasteiger partial charge >= 0.3 is 0 Å². The Morgan fingerprint density at radius 1 is 0.966 bits per heavy atom. The lowest BCUT2D eigenvalue weighted by atomic mass is 9.92. The van der Waals surface area contributed by atoms with Crippen LogP contribution in [0.25, 0.3) is 10.9 Å².